The Kier molecular flexibility index (Phi) is 66.4. The van der Waals surface area contributed by atoms with Crippen LogP contribution in [0.4, 0.5) is 0 Å². The van der Waals surface area contributed by atoms with E-state index in [-0.39, 0.29) is 18.5 Å². The maximum Gasteiger partial charge on any atom is 0.305 e. The number of hydrogen-bond donors (Lipinski definition) is 3. The third-order valence-corrected chi connectivity index (χ3v) is 17.2. The highest BCUT2D eigenvalue weighted by Gasteiger charge is 2.20. The van der Waals surface area contributed by atoms with Gasteiger partial charge in [-0.1, -0.05) is 380 Å². The first-order valence-electron chi connectivity index (χ1n) is 35.8. The highest BCUT2D eigenvalue weighted by molar-refractivity contribution is 5.76. The summed E-state index contributed by atoms with van der Waals surface area (Å²) >= 11 is 0. The quantitative estimate of drug-likeness (QED) is 0.0417. The van der Waals surface area contributed by atoms with Crippen molar-refractivity contribution in [3.8, 4) is 0 Å². The minimum absolute atomic E-state index is 0.0266. The zero-order valence-corrected chi connectivity index (χ0v) is 52.7. The fourth-order valence-corrected chi connectivity index (χ4v) is 11.7. The fourth-order valence-electron chi connectivity index (χ4n) is 11.7. The molecule has 0 aliphatic heterocycles. The van der Waals surface area contributed by atoms with Crippen LogP contribution in [-0.2, 0) is 14.3 Å². The van der Waals surface area contributed by atoms with E-state index in [2.05, 4.69) is 19.2 Å². The minimum atomic E-state index is -0.658. The summed E-state index contributed by atoms with van der Waals surface area (Å²) in [5.41, 5.74) is 0. The molecule has 0 heterocycles. The number of carbonyl (C=O) groups excluding carboxylic acids is 2. The number of esters is 1. The zero-order chi connectivity index (χ0) is 55.7. The number of rotatable bonds is 68. The van der Waals surface area contributed by atoms with Crippen molar-refractivity contribution in [1.29, 1.82) is 0 Å². The number of aliphatic hydroxyl groups excluding tert-OH is 2. The lowest BCUT2D eigenvalue weighted by Crippen LogP contribution is -2.45. The third-order valence-electron chi connectivity index (χ3n) is 17.2. The van der Waals surface area contributed by atoms with Gasteiger partial charge in [0.1, 0.15) is 0 Å². The monoisotopic (exact) mass is 1090 g/mol. The molecule has 6 heteroatoms. The molecule has 0 bridgehead atoms. The number of carbonyl (C=O) groups is 2. The molecule has 0 aliphatic carbocycles. The minimum Gasteiger partial charge on any atom is -0.466 e. The van der Waals surface area contributed by atoms with E-state index >= 15 is 0 Å². The number of nitrogens with one attached hydrogen (secondary N) is 1. The Labute approximate surface area is 483 Å². The van der Waals surface area contributed by atoms with Crippen molar-refractivity contribution >= 4 is 11.9 Å². The Hall–Kier alpha value is -1.14. The fraction of sp³-hybridized carbons (Fsp3) is 0.972. The summed E-state index contributed by atoms with van der Waals surface area (Å²) < 4.78 is 5.52. The second kappa shape index (κ2) is 67.4. The van der Waals surface area contributed by atoms with Crippen LogP contribution >= 0.6 is 0 Å². The van der Waals surface area contributed by atoms with Gasteiger partial charge in [0.2, 0.25) is 5.91 Å². The first-order valence-corrected chi connectivity index (χ1v) is 35.8. The van der Waals surface area contributed by atoms with Crippen LogP contribution in [0.3, 0.4) is 0 Å². The van der Waals surface area contributed by atoms with E-state index in [9.17, 15) is 19.8 Å². The Morgan fingerprint density at radius 3 is 0.792 bits per heavy atom. The SMILES string of the molecule is CCCCCCCCCCCCCCCCCCCCCC(=O)OCCCCCCCCCCCCCCCCCCCCCCCCCCCCCCCCCC(=O)NC(CO)C(O)CCCCCCCCCCCC. The van der Waals surface area contributed by atoms with E-state index in [4.69, 9.17) is 4.74 Å². The van der Waals surface area contributed by atoms with Crippen molar-refractivity contribution in [3.05, 3.63) is 0 Å². The van der Waals surface area contributed by atoms with E-state index in [1.165, 1.54) is 347 Å². The van der Waals surface area contributed by atoms with Crippen molar-refractivity contribution < 1.29 is 24.5 Å². The summed E-state index contributed by atoms with van der Waals surface area (Å²) in [6, 6.07) is -0.535. The molecule has 2 unspecified atom stereocenters. The lowest BCUT2D eigenvalue weighted by atomic mass is 10.0. The van der Waals surface area contributed by atoms with Gasteiger partial charge >= 0.3 is 5.97 Å². The molecule has 0 fully saturated rings. The molecular weight excluding hydrogens is 947 g/mol. The van der Waals surface area contributed by atoms with Gasteiger partial charge in [0.15, 0.2) is 0 Å². The topological polar surface area (TPSA) is 95.9 Å². The largest absolute Gasteiger partial charge is 0.466 e. The molecule has 0 saturated heterocycles. The van der Waals surface area contributed by atoms with Crippen LogP contribution in [0.25, 0.3) is 0 Å². The normalized spacial score (nSPS) is 12.4. The summed E-state index contributed by atoms with van der Waals surface area (Å²) in [4.78, 5) is 24.6. The predicted octanol–water partition coefficient (Wildman–Crippen LogP) is 23.0. The number of aliphatic hydroxyl groups is 2. The highest BCUT2D eigenvalue weighted by Crippen LogP contribution is 2.20. The molecule has 0 rings (SSSR count). The van der Waals surface area contributed by atoms with Crippen LogP contribution in [0, 0.1) is 0 Å². The van der Waals surface area contributed by atoms with Gasteiger partial charge in [0.25, 0.3) is 0 Å². The zero-order valence-electron chi connectivity index (χ0n) is 52.7. The summed E-state index contributed by atoms with van der Waals surface area (Å²) in [5.74, 6) is -0.00316. The van der Waals surface area contributed by atoms with Crippen molar-refractivity contribution in [1.82, 2.24) is 5.32 Å². The lowest BCUT2D eigenvalue weighted by Gasteiger charge is -2.22. The van der Waals surface area contributed by atoms with Gasteiger partial charge < -0.3 is 20.3 Å². The summed E-state index contributed by atoms with van der Waals surface area (Å²) in [7, 11) is 0. The Morgan fingerprint density at radius 2 is 0.532 bits per heavy atom. The van der Waals surface area contributed by atoms with Crippen LogP contribution in [0.2, 0.25) is 0 Å². The molecule has 0 aromatic carbocycles. The van der Waals surface area contributed by atoms with Gasteiger partial charge in [0, 0.05) is 12.8 Å². The summed E-state index contributed by atoms with van der Waals surface area (Å²) in [5, 5.41) is 23.2. The van der Waals surface area contributed by atoms with Crippen molar-refractivity contribution in [3.63, 3.8) is 0 Å². The maximum atomic E-state index is 12.4. The maximum absolute atomic E-state index is 12.4. The van der Waals surface area contributed by atoms with E-state index in [0.29, 0.717) is 25.9 Å². The second-order valence-electron chi connectivity index (χ2n) is 24.9. The van der Waals surface area contributed by atoms with Crippen LogP contribution < -0.4 is 5.32 Å². The third kappa shape index (κ3) is 63.9. The van der Waals surface area contributed by atoms with Crippen LogP contribution in [0.1, 0.15) is 418 Å². The summed E-state index contributed by atoms with van der Waals surface area (Å²) in [6.45, 7) is 4.99. The number of amides is 1. The average Bonchev–Trinajstić information content (AvgIpc) is 3.43. The molecular formula is C71H141NO5. The molecule has 3 N–H and O–H groups in total. The lowest BCUT2D eigenvalue weighted by molar-refractivity contribution is -0.143. The molecule has 6 nitrogen and oxygen atoms in total. The van der Waals surface area contributed by atoms with Gasteiger partial charge in [-0.2, -0.15) is 0 Å². The molecule has 2 atom stereocenters. The number of ether oxygens (including phenoxy) is 1. The molecule has 0 aromatic heterocycles. The number of hydrogen-bond acceptors (Lipinski definition) is 5. The van der Waals surface area contributed by atoms with E-state index in [0.717, 1.165) is 38.5 Å². The summed E-state index contributed by atoms with van der Waals surface area (Å²) in [6.07, 6.45) is 81.8. The molecule has 77 heavy (non-hydrogen) atoms. The van der Waals surface area contributed by atoms with Gasteiger partial charge in [-0.25, -0.2) is 0 Å². The second-order valence-corrected chi connectivity index (χ2v) is 24.9. The number of unbranched alkanes of at least 4 members (excludes halogenated alkanes) is 57. The first-order chi connectivity index (χ1) is 38.0. The van der Waals surface area contributed by atoms with Gasteiger partial charge in [-0.15, -0.1) is 0 Å². The Bertz CT molecular complexity index is 1120. The van der Waals surface area contributed by atoms with Gasteiger partial charge in [-0.05, 0) is 25.7 Å². The van der Waals surface area contributed by atoms with E-state index < -0.39 is 12.1 Å². The Morgan fingerprint density at radius 1 is 0.312 bits per heavy atom. The molecule has 0 radical (unpaired) electrons. The standard InChI is InChI=1S/C71H141NO5/c1-3-5-7-9-11-13-15-16-17-18-32-36-39-42-45-49-53-57-61-65-71(76)77-66-62-58-54-50-46-43-40-37-34-31-29-27-25-23-21-19-20-22-24-26-28-30-33-35-38-41-44-48-52-56-60-64-70(75)72-68(67-73)69(74)63-59-55-51-47-14-12-10-8-6-4-2/h68-69,73-74H,3-67H2,1-2H3,(H,72,75). The smallest absolute Gasteiger partial charge is 0.305 e. The molecule has 0 spiro atoms. The van der Waals surface area contributed by atoms with E-state index in [1.807, 2.05) is 0 Å². The van der Waals surface area contributed by atoms with Gasteiger partial charge in [0.05, 0.1) is 25.4 Å². The van der Waals surface area contributed by atoms with Crippen LogP contribution in [-0.4, -0.2) is 47.4 Å². The van der Waals surface area contributed by atoms with Crippen LogP contribution in [0.15, 0.2) is 0 Å². The van der Waals surface area contributed by atoms with Crippen molar-refractivity contribution in [2.45, 2.75) is 431 Å². The molecule has 0 aliphatic rings. The predicted molar refractivity (Wildman–Crippen MR) is 338 cm³/mol. The van der Waals surface area contributed by atoms with E-state index in [1.54, 1.807) is 0 Å². The molecule has 0 aromatic rings. The van der Waals surface area contributed by atoms with Crippen molar-refractivity contribution in [2.24, 2.45) is 0 Å². The van der Waals surface area contributed by atoms with Crippen LogP contribution in [0.5, 0.6) is 0 Å². The van der Waals surface area contributed by atoms with Crippen molar-refractivity contribution in [2.75, 3.05) is 13.2 Å². The van der Waals surface area contributed by atoms with Gasteiger partial charge in [-0.3, -0.25) is 9.59 Å². The molecule has 0 saturated carbocycles. The average molecular weight is 1090 g/mol. The molecule has 460 valence electrons. The molecule has 1 amide bonds. The first kappa shape index (κ1) is 75.9. The Balaban J connectivity index is 3.27. The highest BCUT2D eigenvalue weighted by atomic mass is 16.5.